The first-order chi connectivity index (χ1) is 32.5. The Morgan fingerprint density at radius 3 is 1.01 bits per heavy atom. The van der Waals surface area contributed by atoms with Crippen LogP contribution < -0.4 is 0 Å². The standard InChI is InChI=1S/C53H74N2O12/c1-7-13-24-62-48(56)39-30-35-37(32-41(39)50(58)64-26-15-9-3)46(52(60)66-28-17-11-5)54-44(35)43(34-22-20-19-21-23-34)45-36-31-40(49(57)63-25-14-8-2)42(51(59)65-27-16-10-4)33-38(36)47(55-45)53(61)67-29-18-12-6/h19-23,39-43,54-55H,7-18,24-33H2,1-6H3. The maximum Gasteiger partial charge on any atom is 0.355 e. The van der Waals surface area contributed by atoms with Crippen molar-refractivity contribution in [3.8, 4) is 0 Å². The van der Waals surface area contributed by atoms with Crippen molar-refractivity contribution in [2.75, 3.05) is 39.6 Å². The Bertz CT molecular complexity index is 1980. The van der Waals surface area contributed by atoms with Crippen LogP contribution >= 0.6 is 0 Å². The third-order valence-corrected chi connectivity index (χ3v) is 12.9. The Morgan fingerprint density at radius 1 is 0.433 bits per heavy atom. The highest BCUT2D eigenvalue weighted by molar-refractivity contribution is 5.93. The van der Waals surface area contributed by atoms with Crippen LogP contribution in [0.25, 0.3) is 0 Å². The molecule has 0 bridgehead atoms. The second-order valence-corrected chi connectivity index (χ2v) is 17.9. The Balaban J connectivity index is 1.76. The topological polar surface area (TPSA) is 189 Å². The maximum atomic E-state index is 14.2. The molecule has 4 atom stereocenters. The molecule has 5 rings (SSSR count). The van der Waals surface area contributed by atoms with E-state index in [9.17, 15) is 28.8 Å². The minimum atomic E-state index is -0.935. The number of hydrogen-bond donors (Lipinski definition) is 2. The molecule has 0 saturated carbocycles. The number of hydrogen-bond acceptors (Lipinski definition) is 12. The Kier molecular flexibility index (Phi) is 21.0. The summed E-state index contributed by atoms with van der Waals surface area (Å²) in [5, 5.41) is 0. The fourth-order valence-electron chi connectivity index (χ4n) is 8.98. The molecule has 368 valence electrons. The van der Waals surface area contributed by atoms with E-state index in [1.165, 1.54) is 0 Å². The van der Waals surface area contributed by atoms with Crippen LogP contribution in [0.15, 0.2) is 30.3 Å². The third-order valence-electron chi connectivity index (χ3n) is 12.9. The highest BCUT2D eigenvalue weighted by Crippen LogP contribution is 2.46. The number of nitrogens with one attached hydrogen (secondary N) is 2. The van der Waals surface area contributed by atoms with Gasteiger partial charge < -0.3 is 38.4 Å². The van der Waals surface area contributed by atoms with E-state index in [4.69, 9.17) is 28.4 Å². The molecule has 0 spiro atoms. The second-order valence-electron chi connectivity index (χ2n) is 17.9. The molecule has 14 nitrogen and oxygen atoms in total. The van der Waals surface area contributed by atoms with E-state index in [-0.39, 0.29) is 76.7 Å². The van der Waals surface area contributed by atoms with Gasteiger partial charge in [0.1, 0.15) is 11.4 Å². The van der Waals surface area contributed by atoms with Crippen molar-refractivity contribution in [1.82, 2.24) is 9.97 Å². The summed E-state index contributed by atoms with van der Waals surface area (Å²) in [6.07, 6.45) is 8.85. The predicted octanol–water partition coefficient (Wildman–Crippen LogP) is 9.47. The van der Waals surface area contributed by atoms with Crippen LogP contribution in [0.2, 0.25) is 0 Å². The molecule has 14 heteroatoms. The number of benzene rings is 1. The molecule has 0 aliphatic heterocycles. The number of H-pyrrole nitrogens is 2. The van der Waals surface area contributed by atoms with E-state index in [0.29, 0.717) is 72.2 Å². The summed E-state index contributed by atoms with van der Waals surface area (Å²) in [6, 6.07) is 9.53. The van der Waals surface area contributed by atoms with E-state index in [0.717, 1.165) is 44.1 Å². The molecule has 2 N–H and O–H groups in total. The molecular formula is C53H74N2O12. The predicted molar refractivity (Wildman–Crippen MR) is 252 cm³/mol. The number of carbonyl (C=O) groups excluding carboxylic acids is 6. The van der Waals surface area contributed by atoms with Gasteiger partial charge in [0, 0.05) is 11.4 Å². The Hall–Kier alpha value is -5.40. The summed E-state index contributed by atoms with van der Waals surface area (Å²) < 4.78 is 34.8. The van der Waals surface area contributed by atoms with Gasteiger partial charge in [0.2, 0.25) is 0 Å². The summed E-state index contributed by atoms with van der Waals surface area (Å²) in [5.41, 5.74) is 4.56. The summed E-state index contributed by atoms with van der Waals surface area (Å²) in [7, 11) is 0. The SMILES string of the molecule is CCCCOC(=O)c1[nH]c(C(c2ccccc2)c2[nH]c(C(=O)OCCCC)c3c2CC(C(=O)OCCCC)C(C(=O)OCCCC)C3)c2c1CC(C(=O)OCCCC)C(C(=O)OCCCC)C2. The van der Waals surface area contributed by atoms with Crippen LogP contribution in [0, 0.1) is 23.7 Å². The molecule has 67 heavy (non-hydrogen) atoms. The van der Waals surface area contributed by atoms with Gasteiger partial charge in [-0.3, -0.25) is 19.2 Å². The van der Waals surface area contributed by atoms with E-state index >= 15 is 0 Å². The Morgan fingerprint density at radius 2 is 0.716 bits per heavy atom. The molecule has 1 aromatic carbocycles. The van der Waals surface area contributed by atoms with Crippen LogP contribution in [-0.2, 0) is 73.3 Å². The number of carbonyl (C=O) groups is 6. The number of aromatic amines is 2. The number of ether oxygens (including phenoxy) is 6. The van der Waals surface area contributed by atoms with E-state index in [1.807, 2.05) is 71.9 Å². The average Bonchev–Trinajstić information content (AvgIpc) is 3.89. The first kappa shape index (κ1) is 52.6. The lowest BCUT2D eigenvalue weighted by Gasteiger charge is -2.32. The molecule has 0 amide bonds. The maximum absolute atomic E-state index is 14.2. The van der Waals surface area contributed by atoms with Crippen molar-refractivity contribution < 1.29 is 57.2 Å². The van der Waals surface area contributed by atoms with Gasteiger partial charge in [-0.1, -0.05) is 110 Å². The largest absolute Gasteiger partial charge is 0.465 e. The minimum Gasteiger partial charge on any atom is -0.465 e. The molecule has 2 aliphatic carbocycles. The fraction of sp³-hybridized carbons (Fsp3) is 0.623. The number of fused-ring (bicyclic) bond motifs is 2. The van der Waals surface area contributed by atoms with E-state index in [2.05, 4.69) is 9.97 Å². The molecule has 3 aromatic rings. The zero-order valence-corrected chi connectivity index (χ0v) is 40.7. The van der Waals surface area contributed by atoms with Crippen LogP contribution in [0.5, 0.6) is 0 Å². The van der Waals surface area contributed by atoms with Crippen molar-refractivity contribution in [2.24, 2.45) is 23.7 Å². The van der Waals surface area contributed by atoms with Gasteiger partial charge in [-0.2, -0.15) is 0 Å². The zero-order chi connectivity index (χ0) is 48.3. The fourth-order valence-corrected chi connectivity index (χ4v) is 8.98. The monoisotopic (exact) mass is 931 g/mol. The normalized spacial score (nSPS) is 17.9. The average molecular weight is 931 g/mol. The smallest absolute Gasteiger partial charge is 0.355 e. The molecule has 0 radical (unpaired) electrons. The van der Waals surface area contributed by atoms with E-state index < -0.39 is 65.4 Å². The highest BCUT2D eigenvalue weighted by atomic mass is 16.6. The molecular weight excluding hydrogens is 857 g/mol. The quantitative estimate of drug-likeness (QED) is 0.0419. The molecule has 2 aliphatic rings. The molecule has 0 fully saturated rings. The van der Waals surface area contributed by atoms with Gasteiger partial charge in [0.15, 0.2) is 0 Å². The number of esters is 6. The van der Waals surface area contributed by atoms with Gasteiger partial charge in [0.25, 0.3) is 0 Å². The Labute approximate surface area is 396 Å². The first-order valence-electron chi connectivity index (χ1n) is 25.1. The van der Waals surface area contributed by atoms with Gasteiger partial charge in [-0.05, 0) is 92.0 Å². The lowest BCUT2D eigenvalue weighted by Crippen LogP contribution is -2.39. The van der Waals surface area contributed by atoms with Gasteiger partial charge in [0.05, 0.1) is 69.2 Å². The zero-order valence-electron chi connectivity index (χ0n) is 40.7. The van der Waals surface area contributed by atoms with Crippen molar-refractivity contribution in [3.63, 3.8) is 0 Å². The number of rotatable bonds is 27. The summed E-state index contributed by atoms with van der Waals surface area (Å²) in [5.74, 6) is -7.81. The van der Waals surface area contributed by atoms with Crippen LogP contribution in [-0.4, -0.2) is 85.4 Å². The van der Waals surface area contributed by atoms with Crippen molar-refractivity contribution in [3.05, 3.63) is 80.9 Å². The number of unbranched alkanes of at least 4 members (excludes halogenated alkanes) is 6. The van der Waals surface area contributed by atoms with Crippen LogP contribution in [0.4, 0.5) is 0 Å². The van der Waals surface area contributed by atoms with Gasteiger partial charge in [-0.15, -0.1) is 0 Å². The lowest BCUT2D eigenvalue weighted by molar-refractivity contribution is -0.161. The first-order valence-corrected chi connectivity index (χ1v) is 25.1. The molecule has 2 aromatic heterocycles. The van der Waals surface area contributed by atoms with Crippen LogP contribution in [0.1, 0.15) is 185 Å². The van der Waals surface area contributed by atoms with Gasteiger partial charge >= 0.3 is 35.8 Å². The minimum absolute atomic E-state index is 0.00932. The van der Waals surface area contributed by atoms with Crippen molar-refractivity contribution in [1.29, 1.82) is 0 Å². The summed E-state index contributed by atoms with van der Waals surface area (Å²) in [6.45, 7) is 13.1. The third kappa shape index (κ3) is 13.4. The number of aromatic nitrogens is 2. The second kappa shape index (κ2) is 26.8. The van der Waals surface area contributed by atoms with Gasteiger partial charge in [-0.25, -0.2) is 9.59 Å². The lowest BCUT2D eigenvalue weighted by atomic mass is 9.72. The van der Waals surface area contributed by atoms with Crippen molar-refractivity contribution in [2.45, 2.75) is 150 Å². The molecule has 0 saturated heterocycles. The molecule has 4 unspecified atom stereocenters. The summed E-state index contributed by atoms with van der Waals surface area (Å²) in [4.78, 5) is 91.6. The molecule has 2 heterocycles. The van der Waals surface area contributed by atoms with E-state index in [1.54, 1.807) is 0 Å². The van der Waals surface area contributed by atoms with Crippen LogP contribution in [0.3, 0.4) is 0 Å². The van der Waals surface area contributed by atoms with Crippen molar-refractivity contribution >= 4 is 35.8 Å². The highest BCUT2D eigenvalue weighted by Gasteiger charge is 2.47. The summed E-state index contributed by atoms with van der Waals surface area (Å²) >= 11 is 0.